The second-order valence-corrected chi connectivity index (χ2v) is 16.6. The Balaban J connectivity index is 0.918. The number of fused-ring (bicyclic) bond motifs is 5. The molecular weight excluding hydrogens is 616 g/mol. The smallest absolute Gasteiger partial charge is 0.410 e. The molecule has 2 unspecified atom stereocenters. The van der Waals surface area contributed by atoms with Crippen LogP contribution in [-0.4, -0.2) is 62.8 Å². The molecule has 1 aliphatic heterocycles. The largest absolute Gasteiger partial charge is 0.508 e. The van der Waals surface area contributed by atoms with Gasteiger partial charge >= 0.3 is 12.1 Å². The number of phenols is 1. The van der Waals surface area contributed by atoms with Gasteiger partial charge in [-0.1, -0.05) is 25.1 Å². The van der Waals surface area contributed by atoms with Crippen molar-refractivity contribution in [3.8, 4) is 5.75 Å². The molecule has 9 nitrogen and oxygen atoms in total. The highest BCUT2D eigenvalue weighted by atomic mass is 32.2. The zero-order chi connectivity index (χ0) is 32.9. The van der Waals surface area contributed by atoms with Gasteiger partial charge in [0.1, 0.15) is 11.9 Å². The zero-order valence-electron chi connectivity index (χ0n) is 27.5. The first-order valence-electron chi connectivity index (χ1n) is 17.6. The summed E-state index contributed by atoms with van der Waals surface area (Å²) >= 11 is 0. The van der Waals surface area contributed by atoms with Crippen molar-refractivity contribution in [2.24, 2.45) is 29.1 Å². The Morgan fingerprint density at radius 3 is 2.64 bits per heavy atom. The van der Waals surface area contributed by atoms with E-state index in [1.165, 1.54) is 11.1 Å². The lowest BCUT2D eigenvalue weighted by Gasteiger charge is -2.50. The highest BCUT2D eigenvalue weighted by molar-refractivity contribution is 7.89. The third-order valence-electron chi connectivity index (χ3n) is 12.2. The molecule has 254 valence electrons. The predicted molar refractivity (Wildman–Crippen MR) is 176 cm³/mol. The Bertz CT molecular complexity index is 1610. The number of sulfonamides is 1. The maximum absolute atomic E-state index is 13.5. The molecule has 10 heteroatoms. The molecule has 2 N–H and O–H groups in total. The molecule has 0 aromatic heterocycles. The average Bonchev–Trinajstić information content (AvgIpc) is 3.81. The Labute approximate surface area is 278 Å². The van der Waals surface area contributed by atoms with Crippen molar-refractivity contribution in [3.05, 3.63) is 59.2 Å². The van der Waals surface area contributed by atoms with Crippen LogP contribution in [-0.2, 0) is 30.7 Å². The lowest BCUT2D eigenvalue weighted by Crippen LogP contribution is -2.48. The summed E-state index contributed by atoms with van der Waals surface area (Å²) in [6, 6.07) is 12.7. The fourth-order valence-electron chi connectivity index (χ4n) is 9.59. The van der Waals surface area contributed by atoms with Gasteiger partial charge in [-0.25, -0.2) is 17.9 Å². The third kappa shape index (κ3) is 6.28. The Hall–Kier alpha value is -3.11. The molecule has 1 amide bonds. The Morgan fingerprint density at radius 2 is 1.85 bits per heavy atom. The summed E-state index contributed by atoms with van der Waals surface area (Å²) in [6.07, 6.45) is 8.17. The number of rotatable bonds is 8. The topological polar surface area (TPSA) is 122 Å². The minimum Gasteiger partial charge on any atom is -0.508 e. The van der Waals surface area contributed by atoms with Crippen molar-refractivity contribution in [3.63, 3.8) is 0 Å². The normalized spacial score (nSPS) is 32.9. The number of nitrogens with zero attached hydrogens (tertiary/aromatic N) is 1. The minimum atomic E-state index is -3.72. The number of phenolic OH excluding ortho intramolecular Hbond substituents is 1. The zero-order valence-corrected chi connectivity index (χ0v) is 28.3. The summed E-state index contributed by atoms with van der Waals surface area (Å²) in [5.74, 6) is 1.71. The van der Waals surface area contributed by atoms with Crippen molar-refractivity contribution in [1.29, 1.82) is 0 Å². The van der Waals surface area contributed by atoms with Gasteiger partial charge in [0.25, 0.3) is 0 Å². The molecule has 3 saturated carbocycles. The van der Waals surface area contributed by atoms with Crippen LogP contribution in [0.4, 0.5) is 4.79 Å². The molecular formula is C37H48N2O7S. The third-order valence-corrected chi connectivity index (χ3v) is 13.6. The van der Waals surface area contributed by atoms with Crippen LogP contribution >= 0.6 is 0 Å². The molecule has 0 radical (unpaired) electrons. The second kappa shape index (κ2) is 12.7. The van der Waals surface area contributed by atoms with Crippen LogP contribution < -0.4 is 4.72 Å². The van der Waals surface area contributed by atoms with Crippen LogP contribution in [0.2, 0.25) is 0 Å². The van der Waals surface area contributed by atoms with E-state index < -0.39 is 10.0 Å². The minimum absolute atomic E-state index is 0.00578. The van der Waals surface area contributed by atoms with E-state index in [0.29, 0.717) is 43.2 Å². The van der Waals surface area contributed by atoms with Gasteiger partial charge in [0, 0.05) is 25.0 Å². The van der Waals surface area contributed by atoms with Crippen molar-refractivity contribution in [2.75, 3.05) is 26.2 Å². The number of carbonyl (C=O) groups excluding carboxylic acids is 2. The summed E-state index contributed by atoms with van der Waals surface area (Å²) in [7, 11) is -3.72. The van der Waals surface area contributed by atoms with Gasteiger partial charge in [-0.15, -0.1) is 0 Å². The first-order chi connectivity index (χ1) is 22.6. The van der Waals surface area contributed by atoms with E-state index in [-0.39, 0.29) is 52.8 Å². The maximum atomic E-state index is 13.5. The molecule has 1 saturated heterocycles. The molecule has 7 rings (SSSR count). The quantitative estimate of drug-likeness (QED) is 0.327. The van der Waals surface area contributed by atoms with Crippen LogP contribution in [0, 0.1) is 29.1 Å². The van der Waals surface area contributed by atoms with Gasteiger partial charge in [-0.05, 0) is 135 Å². The SMILES string of the molecule is CCOC(=O)C1CC1c1ccc(S(=O)(=O)NC[C@H]2CCCN(C(=O)O[C@H]3CC[C@H]4[C@@H]5CCc6cc(O)ccc6[C@H]5CC[C@]34C)C2)cc1. The number of amides is 1. The lowest BCUT2D eigenvalue weighted by atomic mass is 9.55. The van der Waals surface area contributed by atoms with E-state index in [4.69, 9.17) is 9.47 Å². The van der Waals surface area contributed by atoms with Gasteiger partial charge < -0.3 is 19.5 Å². The van der Waals surface area contributed by atoms with Gasteiger partial charge in [-0.3, -0.25) is 4.79 Å². The Kier molecular flexibility index (Phi) is 8.79. The highest BCUT2D eigenvalue weighted by Crippen LogP contribution is 2.61. The maximum Gasteiger partial charge on any atom is 0.410 e. The first-order valence-corrected chi connectivity index (χ1v) is 19.1. The summed E-state index contributed by atoms with van der Waals surface area (Å²) in [5.41, 5.74) is 3.60. The van der Waals surface area contributed by atoms with Crippen LogP contribution in [0.25, 0.3) is 0 Å². The molecule has 1 heterocycles. The van der Waals surface area contributed by atoms with Gasteiger partial charge in [0.15, 0.2) is 0 Å². The van der Waals surface area contributed by atoms with Crippen LogP contribution in [0.5, 0.6) is 5.75 Å². The van der Waals surface area contributed by atoms with E-state index >= 15 is 0 Å². The fourth-order valence-corrected chi connectivity index (χ4v) is 10.7. The predicted octanol–water partition coefficient (Wildman–Crippen LogP) is 6.11. The number of esters is 1. The number of hydrogen-bond acceptors (Lipinski definition) is 7. The van der Waals surface area contributed by atoms with E-state index in [2.05, 4.69) is 17.7 Å². The lowest BCUT2D eigenvalue weighted by molar-refractivity contribution is -0.144. The number of carbonyl (C=O) groups is 2. The van der Waals surface area contributed by atoms with Crippen LogP contribution in [0.15, 0.2) is 47.4 Å². The van der Waals surface area contributed by atoms with Gasteiger partial charge in [0.05, 0.1) is 17.4 Å². The monoisotopic (exact) mass is 664 g/mol. The average molecular weight is 665 g/mol. The van der Waals surface area contributed by atoms with Gasteiger partial charge in [0.2, 0.25) is 10.0 Å². The van der Waals surface area contributed by atoms with E-state index in [0.717, 1.165) is 63.4 Å². The summed E-state index contributed by atoms with van der Waals surface area (Å²) < 4.78 is 40.4. The number of benzene rings is 2. The number of aromatic hydroxyl groups is 1. The number of aryl methyl sites for hydroxylation is 1. The van der Waals surface area contributed by atoms with Crippen LogP contribution in [0.3, 0.4) is 0 Å². The molecule has 8 atom stereocenters. The first kappa shape index (κ1) is 32.4. The molecule has 5 aliphatic rings. The van der Waals surface area contributed by atoms with Crippen molar-refractivity contribution < 1.29 is 32.6 Å². The summed E-state index contributed by atoms with van der Waals surface area (Å²) in [4.78, 5) is 27.5. The number of ether oxygens (including phenoxy) is 2. The highest BCUT2D eigenvalue weighted by Gasteiger charge is 2.56. The fraction of sp³-hybridized carbons (Fsp3) is 0.622. The molecule has 2 aromatic rings. The summed E-state index contributed by atoms with van der Waals surface area (Å²) in [6.45, 7) is 5.83. The molecule has 4 fully saturated rings. The second-order valence-electron chi connectivity index (χ2n) is 14.9. The summed E-state index contributed by atoms with van der Waals surface area (Å²) in [5, 5.41) is 9.99. The van der Waals surface area contributed by atoms with Crippen molar-refractivity contribution in [2.45, 2.75) is 94.5 Å². The van der Waals surface area contributed by atoms with Crippen molar-refractivity contribution in [1.82, 2.24) is 9.62 Å². The van der Waals surface area contributed by atoms with E-state index in [1.54, 1.807) is 36.1 Å². The molecule has 0 bridgehead atoms. The van der Waals surface area contributed by atoms with E-state index in [9.17, 15) is 23.1 Å². The van der Waals surface area contributed by atoms with E-state index in [1.807, 2.05) is 12.1 Å². The van der Waals surface area contributed by atoms with Crippen molar-refractivity contribution >= 4 is 22.1 Å². The Morgan fingerprint density at radius 1 is 1.04 bits per heavy atom. The molecule has 2 aromatic carbocycles. The standard InChI is InChI=1S/C37H48N2O7S/c1-3-45-35(41)32-20-31(32)24-6-10-27(11-7-24)47(43,44)38-21-23-5-4-18-39(22-23)36(42)46-34-15-14-33-30-12-8-25-19-26(40)9-13-28(25)29(30)16-17-37(33,34)2/h6-7,9-11,13,19,23,29-34,38,40H,3-5,8,12,14-18,20-22H2,1-2H3/t23-,29-,30-,31?,32?,33+,34+,37+/m1/s1. The number of piperidine rings is 1. The molecule has 0 spiro atoms. The number of hydrogen-bond donors (Lipinski definition) is 2. The number of nitrogens with one attached hydrogen (secondary N) is 1. The van der Waals surface area contributed by atoms with Crippen LogP contribution in [0.1, 0.15) is 93.7 Å². The van der Waals surface area contributed by atoms with Gasteiger partial charge in [-0.2, -0.15) is 0 Å². The molecule has 47 heavy (non-hydrogen) atoms. The number of likely N-dealkylation sites (tertiary alicyclic amines) is 1. The molecule has 4 aliphatic carbocycles.